The van der Waals surface area contributed by atoms with Crippen molar-refractivity contribution in [1.82, 2.24) is 4.98 Å². The Morgan fingerprint density at radius 1 is 1.33 bits per heavy atom. The van der Waals surface area contributed by atoms with Crippen LogP contribution in [0.1, 0.15) is 31.2 Å². The maximum atomic E-state index is 5.90. The van der Waals surface area contributed by atoms with Crippen LogP contribution < -0.4 is 4.90 Å². The summed E-state index contributed by atoms with van der Waals surface area (Å²) < 4.78 is 5.90. The van der Waals surface area contributed by atoms with E-state index in [1.54, 1.807) is 0 Å². The molecule has 1 saturated carbocycles. The van der Waals surface area contributed by atoms with E-state index in [1.165, 1.54) is 31.2 Å². The van der Waals surface area contributed by atoms with Gasteiger partial charge in [0.2, 0.25) is 0 Å². The van der Waals surface area contributed by atoms with Crippen molar-refractivity contribution in [2.45, 2.75) is 43.2 Å². The number of rotatable bonds is 2. The zero-order valence-corrected chi connectivity index (χ0v) is 12.1. The first kappa shape index (κ1) is 12.4. The molecule has 0 aromatic carbocycles. The van der Waals surface area contributed by atoms with Crippen LogP contribution in [0.3, 0.4) is 0 Å². The van der Waals surface area contributed by atoms with Crippen LogP contribution in [0.2, 0.25) is 0 Å². The molecule has 2 aliphatic rings. The molecule has 2 atom stereocenters. The summed E-state index contributed by atoms with van der Waals surface area (Å²) in [6, 6.07) is 4.84. The van der Waals surface area contributed by atoms with E-state index in [0.717, 1.165) is 24.3 Å². The number of halogens is 1. The monoisotopic (exact) mass is 310 g/mol. The molecule has 18 heavy (non-hydrogen) atoms. The molecule has 1 saturated heterocycles. The van der Waals surface area contributed by atoms with Crippen molar-refractivity contribution in [3.05, 3.63) is 23.9 Å². The topological polar surface area (TPSA) is 25.4 Å². The van der Waals surface area contributed by atoms with Crippen molar-refractivity contribution in [2.75, 3.05) is 18.1 Å². The zero-order chi connectivity index (χ0) is 12.4. The Bertz CT molecular complexity index is 393. The molecule has 3 nitrogen and oxygen atoms in total. The molecule has 0 amide bonds. The van der Waals surface area contributed by atoms with Crippen molar-refractivity contribution in [3.63, 3.8) is 0 Å². The Morgan fingerprint density at radius 2 is 2.22 bits per heavy atom. The predicted octanol–water partition coefficient (Wildman–Crippen LogP) is 3.12. The Kier molecular flexibility index (Phi) is 3.85. The second-order valence-corrected chi connectivity index (χ2v) is 5.67. The van der Waals surface area contributed by atoms with Gasteiger partial charge in [0.15, 0.2) is 0 Å². The standard InChI is InChI=1S/C14H19BrN2O/c15-9-11-5-6-14(16-10-11)17-7-8-18-13-4-2-1-3-12(13)17/h5-6,10,12-13H,1-4,7-9H2. The van der Waals surface area contributed by atoms with Crippen LogP contribution in [-0.2, 0) is 10.1 Å². The fourth-order valence-corrected chi connectivity index (χ4v) is 3.38. The van der Waals surface area contributed by atoms with Gasteiger partial charge in [-0.1, -0.05) is 34.8 Å². The third-order valence-corrected chi connectivity index (χ3v) is 4.64. The van der Waals surface area contributed by atoms with Gasteiger partial charge in [0.25, 0.3) is 0 Å². The summed E-state index contributed by atoms with van der Waals surface area (Å²) in [6.07, 6.45) is 7.47. The van der Waals surface area contributed by atoms with Crippen LogP contribution in [0.4, 0.5) is 5.82 Å². The van der Waals surface area contributed by atoms with Gasteiger partial charge in [0.05, 0.1) is 18.8 Å². The van der Waals surface area contributed by atoms with Gasteiger partial charge >= 0.3 is 0 Å². The highest BCUT2D eigenvalue weighted by Gasteiger charge is 2.34. The smallest absolute Gasteiger partial charge is 0.128 e. The number of pyridine rings is 1. The molecule has 0 spiro atoms. The minimum atomic E-state index is 0.421. The van der Waals surface area contributed by atoms with Gasteiger partial charge < -0.3 is 9.64 Å². The van der Waals surface area contributed by atoms with Crippen LogP contribution in [0.15, 0.2) is 18.3 Å². The molecule has 98 valence electrons. The predicted molar refractivity (Wildman–Crippen MR) is 76.2 cm³/mol. The molecule has 2 fully saturated rings. The quantitative estimate of drug-likeness (QED) is 0.785. The van der Waals surface area contributed by atoms with Crippen molar-refractivity contribution in [1.29, 1.82) is 0 Å². The SMILES string of the molecule is BrCc1ccc(N2CCOC3CCCCC32)nc1. The number of nitrogens with zero attached hydrogens (tertiary/aromatic N) is 2. The molecule has 1 aliphatic heterocycles. The third kappa shape index (κ3) is 2.41. The Labute approximate surface area is 117 Å². The summed E-state index contributed by atoms with van der Waals surface area (Å²) in [6.45, 7) is 1.81. The van der Waals surface area contributed by atoms with E-state index in [2.05, 4.69) is 37.9 Å². The molecular formula is C14H19BrN2O. The van der Waals surface area contributed by atoms with Gasteiger partial charge in [0, 0.05) is 18.1 Å². The lowest BCUT2D eigenvalue weighted by Crippen LogP contribution is -2.53. The molecule has 0 bridgehead atoms. The lowest BCUT2D eigenvalue weighted by atomic mass is 9.90. The van der Waals surface area contributed by atoms with E-state index in [1.807, 2.05) is 6.20 Å². The van der Waals surface area contributed by atoms with E-state index in [-0.39, 0.29) is 0 Å². The highest BCUT2D eigenvalue weighted by molar-refractivity contribution is 9.08. The first-order valence-electron chi connectivity index (χ1n) is 6.77. The van der Waals surface area contributed by atoms with Crippen LogP contribution in [0.5, 0.6) is 0 Å². The third-order valence-electron chi connectivity index (χ3n) is 3.99. The summed E-state index contributed by atoms with van der Waals surface area (Å²) >= 11 is 3.46. The molecule has 4 heteroatoms. The number of hydrogen-bond donors (Lipinski definition) is 0. The lowest BCUT2D eigenvalue weighted by molar-refractivity contribution is -0.00898. The van der Waals surface area contributed by atoms with E-state index in [4.69, 9.17) is 4.74 Å². The maximum Gasteiger partial charge on any atom is 0.128 e. The number of morpholine rings is 1. The minimum Gasteiger partial charge on any atom is -0.374 e. The highest BCUT2D eigenvalue weighted by atomic mass is 79.9. The molecule has 1 aromatic heterocycles. The lowest BCUT2D eigenvalue weighted by Gasteiger charge is -2.44. The fraction of sp³-hybridized carbons (Fsp3) is 0.643. The van der Waals surface area contributed by atoms with Crippen molar-refractivity contribution < 1.29 is 4.74 Å². The number of aromatic nitrogens is 1. The molecule has 2 heterocycles. The van der Waals surface area contributed by atoms with Crippen molar-refractivity contribution >= 4 is 21.7 Å². The zero-order valence-electron chi connectivity index (χ0n) is 10.5. The van der Waals surface area contributed by atoms with Crippen LogP contribution in [0.25, 0.3) is 0 Å². The van der Waals surface area contributed by atoms with E-state index in [9.17, 15) is 0 Å². The van der Waals surface area contributed by atoms with Crippen LogP contribution in [0, 0.1) is 0 Å². The summed E-state index contributed by atoms with van der Waals surface area (Å²) in [7, 11) is 0. The van der Waals surface area contributed by atoms with Gasteiger partial charge in [-0.25, -0.2) is 4.98 Å². The van der Waals surface area contributed by atoms with Gasteiger partial charge in [-0.05, 0) is 24.5 Å². The number of fused-ring (bicyclic) bond motifs is 1. The molecule has 2 unspecified atom stereocenters. The second-order valence-electron chi connectivity index (χ2n) is 5.11. The summed E-state index contributed by atoms with van der Waals surface area (Å²) in [4.78, 5) is 7.05. The summed E-state index contributed by atoms with van der Waals surface area (Å²) in [5, 5.41) is 0.870. The number of hydrogen-bond acceptors (Lipinski definition) is 3. The van der Waals surface area contributed by atoms with Gasteiger partial charge in [-0.2, -0.15) is 0 Å². The highest BCUT2D eigenvalue weighted by Crippen LogP contribution is 2.31. The Hall–Kier alpha value is -0.610. The molecule has 0 radical (unpaired) electrons. The summed E-state index contributed by atoms with van der Waals surface area (Å²) in [5.74, 6) is 1.11. The first-order chi connectivity index (χ1) is 8.88. The first-order valence-corrected chi connectivity index (χ1v) is 7.90. The van der Waals surface area contributed by atoms with Crippen LogP contribution in [-0.4, -0.2) is 30.3 Å². The van der Waals surface area contributed by atoms with Crippen molar-refractivity contribution in [2.24, 2.45) is 0 Å². The Balaban J connectivity index is 1.80. The van der Waals surface area contributed by atoms with E-state index < -0.39 is 0 Å². The molecule has 1 aliphatic carbocycles. The molecule has 3 rings (SSSR count). The van der Waals surface area contributed by atoms with Gasteiger partial charge in [-0.15, -0.1) is 0 Å². The summed E-state index contributed by atoms with van der Waals surface area (Å²) in [5.41, 5.74) is 1.23. The largest absolute Gasteiger partial charge is 0.374 e. The minimum absolute atomic E-state index is 0.421. The maximum absolute atomic E-state index is 5.90. The van der Waals surface area contributed by atoms with E-state index >= 15 is 0 Å². The van der Waals surface area contributed by atoms with E-state index in [0.29, 0.717) is 12.1 Å². The van der Waals surface area contributed by atoms with Gasteiger partial charge in [0.1, 0.15) is 5.82 Å². The van der Waals surface area contributed by atoms with Crippen molar-refractivity contribution in [3.8, 4) is 0 Å². The van der Waals surface area contributed by atoms with Crippen LogP contribution >= 0.6 is 15.9 Å². The molecule has 1 aromatic rings. The number of ether oxygens (including phenoxy) is 1. The number of anilines is 1. The average Bonchev–Trinajstić information content (AvgIpc) is 2.47. The molecular weight excluding hydrogens is 292 g/mol. The average molecular weight is 311 g/mol. The van der Waals surface area contributed by atoms with Gasteiger partial charge in [-0.3, -0.25) is 0 Å². The molecule has 0 N–H and O–H groups in total. The normalized spacial score (nSPS) is 27.9. The fourth-order valence-electron chi connectivity index (χ4n) is 3.05. The Morgan fingerprint density at radius 3 is 3.00 bits per heavy atom. The second kappa shape index (κ2) is 5.57. The number of alkyl halides is 1.